The normalized spacial score (nSPS) is 21.0. The average Bonchev–Trinajstić information content (AvgIpc) is 3.79. The van der Waals surface area contributed by atoms with Crippen LogP contribution in [-0.4, -0.2) is 78.0 Å². The number of nitrogens with zero attached hydrogens (tertiary/aromatic N) is 1. The van der Waals surface area contributed by atoms with E-state index in [2.05, 4.69) is 21.3 Å². The molecule has 1 aromatic rings. The van der Waals surface area contributed by atoms with E-state index < -0.39 is 47.5 Å². The van der Waals surface area contributed by atoms with Gasteiger partial charge in [-0.1, -0.05) is 69.9 Å². The van der Waals surface area contributed by atoms with E-state index in [0.29, 0.717) is 25.8 Å². The number of carbonyl (C=O) groups is 6. The van der Waals surface area contributed by atoms with Crippen molar-refractivity contribution in [1.82, 2.24) is 26.2 Å². The minimum Gasteiger partial charge on any atom is -0.356 e. The van der Waals surface area contributed by atoms with Crippen LogP contribution in [0.1, 0.15) is 96.0 Å². The summed E-state index contributed by atoms with van der Waals surface area (Å²) in [5.74, 6) is -3.96. The molecule has 5 atom stereocenters. The van der Waals surface area contributed by atoms with E-state index in [1.165, 1.54) is 4.90 Å². The van der Waals surface area contributed by atoms with Gasteiger partial charge in [-0.15, -0.1) is 0 Å². The van der Waals surface area contributed by atoms with Gasteiger partial charge in [0, 0.05) is 37.4 Å². The van der Waals surface area contributed by atoms with E-state index in [9.17, 15) is 28.8 Å². The van der Waals surface area contributed by atoms with Crippen LogP contribution in [-0.2, 0) is 28.8 Å². The number of likely N-dealkylation sites (N-methyl/N-ethyl adjacent to an activating group) is 1. The molecular formula is C34H49N5O6. The van der Waals surface area contributed by atoms with Gasteiger partial charge in [-0.2, -0.15) is 0 Å². The molecule has 45 heavy (non-hydrogen) atoms. The number of amides is 5. The first-order valence-corrected chi connectivity index (χ1v) is 16.6. The molecule has 11 nitrogen and oxygen atoms in total. The van der Waals surface area contributed by atoms with Crippen LogP contribution in [0.4, 0.5) is 0 Å². The van der Waals surface area contributed by atoms with E-state index in [0.717, 1.165) is 50.5 Å². The molecule has 0 unspecified atom stereocenters. The second-order valence-corrected chi connectivity index (χ2v) is 13.0. The lowest BCUT2D eigenvalue weighted by Gasteiger charge is -2.35. The summed E-state index contributed by atoms with van der Waals surface area (Å²) in [5.41, 5.74) is 0.881. The highest BCUT2D eigenvalue weighted by Gasteiger charge is 2.40. The third-order valence-electron chi connectivity index (χ3n) is 9.50. The molecule has 3 fully saturated rings. The lowest BCUT2D eigenvalue weighted by atomic mass is 9.87. The molecule has 1 saturated heterocycles. The highest BCUT2D eigenvalue weighted by Crippen LogP contribution is 2.27. The number of hydrogen-bond donors (Lipinski definition) is 4. The summed E-state index contributed by atoms with van der Waals surface area (Å²) in [6.45, 7) is 4.25. The number of rotatable bonds is 15. The Labute approximate surface area is 266 Å². The number of nitrogens with one attached hydrogen (secondary N) is 4. The lowest BCUT2D eigenvalue weighted by Crippen LogP contribution is -2.58. The van der Waals surface area contributed by atoms with Crippen molar-refractivity contribution in [3.8, 4) is 0 Å². The van der Waals surface area contributed by atoms with Crippen molar-refractivity contribution in [3.63, 3.8) is 0 Å². The molecule has 4 rings (SSSR count). The van der Waals surface area contributed by atoms with Gasteiger partial charge < -0.3 is 26.2 Å². The van der Waals surface area contributed by atoms with Gasteiger partial charge in [0.25, 0.3) is 5.91 Å². The third kappa shape index (κ3) is 9.14. The summed E-state index contributed by atoms with van der Waals surface area (Å²) in [5, 5.41) is 11.2. The van der Waals surface area contributed by atoms with Crippen LogP contribution in [0.15, 0.2) is 30.3 Å². The fourth-order valence-corrected chi connectivity index (χ4v) is 6.43. The van der Waals surface area contributed by atoms with Crippen molar-refractivity contribution in [2.75, 3.05) is 13.6 Å². The zero-order valence-corrected chi connectivity index (χ0v) is 26.8. The van der Waals surface area contributed by atoms with Gasteiger partial charge >= 0.3 is 0 Å². The lowest BCUT2D eigenvalue weighted by molar-refractivity contribution is -0.145. The summed E-state index contributed by atoms with van der Waals surface area (Å²) in [6.07, 6.45) is 7.58. The summed E-state index contributed by atoms with van der Waals surface area (Å²) < 4.78 is 0. The summed E-state index contributed by atoms with van der Waals surface area (Å²) in [7, 11) is 1.54. The molecule has 2 aliphatic carbocycles. The van der Waals surface area contributed by atoms with E-state index in [-0.39, 0.29) is 36.1 Å². The maximum absolute atomic E-state index is 14.2. The maximum Gasteiger partial charge on any atom is 0.289 e. The van der Waals surface area contributed by atoms with Gasteiger partial charge in [-0.25, -0.2) is 0 Å². The van der Waals surface area contributed by atoms with E-state index in [4.69, 9.17) is 0 Å². The molecule has 1 aromatic carbocycles. The predicted molar refractivity (Wildman–Crippen MR) is 169 cm³/mol. The van der Waals surface area contributed by atoms with Gasteiger partial charge in [0.2, 0.25) is 29.4 Å². The Balaban J connectivity index is 1.54. The summed E-state index contributed by atoms with van der Waals surface area (Å²) in [4.78, 5) is 81.2. The smallest absolute Gasteiger partial charge is 0.289 e. The molecule has 246 valence electrons. The first-order valence-electron chi connectivity index (χ1n) is 16.6. The number of ketones is 1. The second-order valence-electron chi connectivity index (χ2n) is 13.0. The zero-order chi connectivity index (χ0) is 32.5. The Bertz CT molecular complexity index is 1230. The summed E-state index contributed by atoms with van der Waals surface area (Å²) in [6, 6.07) is 6.35. The van der Waals surface area contributed by atoms with Crippen LogP contribution in [0.5, 0.6) is 0 Å². The fraction of sp³-hybridized carbons (Fsp3) is 0.647. The highest BCUT2D eigenvalue weighted by molar-refractivity contribution is 6.38. The van der Waals surface area contributed by atoms with Crippen LogP contribution in [0.2, 0.25) is 0 Å². The third-order valence-corrected chi connectivity index (χ3v) is 9.50. The molecule has 4 N–H and O–H groups in total. The standard InChI is InChI=1S/C34H49N5O6/c1-4-11-27(32(43)37-26(20-24-18-19-35-30(24)41)29(40)33(44)36-25-16-17-25)39(3)34(45)28(21(2)22-12-7-5-8-13-22)38-31(42)23-14-9-6-10-15-23/h5,7-8,12-13,21,23-28H,4,6,9-11,14-20H2,1-3H3,(H,35,41)(H,36,44)(H,37,43)(H,38,42)/t21-,24-,26-,27-,28+/m0/s1. The highest BCUT2D eigenvalue weighted by atomic mass is 16.2. The SMILES string of the molecule is CCC[C@@H](C(=O)N[C@@H](C[C@@H]1CCNC1=O)C(=O)C(=O)NC1CC1)N(C)C(=O)[C@H](NC(=O)C1CCCCC1)[C@@H](C)c1ccccc1. The molecule has 2 saturated carbocycles. The molecule has 11 heteroatoms. The first kappa shape index (κ1) is 34.1. The van der Waals surface area contributed by atoms with E-state index in [1.807, 2.05) is 44.2 Å². The molecular weight excluding hydrogens is 574 g/mol. The van der Waals surface area contributed by atoms with Gasteiger partial charge in [-0.3, -0.25) is 28.8 Å². The van der Waals surface area contributed by atoms with Gasteiger partial charge in [-0.05, 0) is 50.5 Å². The first-order chi connectivity index (χ1) is 21.6. The van der Waals surface area contributed by atoms with Gasteiger partial charge in [0.05, 0.1) is 6.04 Å². The topological polar surface area (TPSA) is 154 Å². The Hall–Kier alpha value is -3.76. The van der Waals surface area contributed by atoms with Crippen molar-refractivity contribution in [2.45, 2.75) is 115 Å². The van der Waals surface area contributed by atoms with Crippen LogP contribution in [0, 0.1) is 11.8 Å². The Morgan fingerprint density at radius 1 is 0.956 bits per heavy atom. The maximum atomic E-state index is 14.2. The number of hydrogen-bond acceptors (Lipinski definition) is 6. The van der Waals surface area contributed by atoms with Crippen molar-refractivity contribution in [1.29, 1.82) is 0 Å². The molecule has 0 aromatic heterocycles. The van der Waals surface area contributed by atoms with Crippen molar-refractivity contribution >= 4 is 35.3 Å². The Kier molecular flexibility index (Phi) is 12.1. The minimum atomic E-state index is -1.21. The Morgan fingerprint density at radius 2 is 1.64 bits per heavy atom. The van der Waals surface area contributed by atoms with Crippen LogP contribution in [0.3, 0.4) is 0 Å². The van der Waals surface area contributed by atoms with Crippen molar-refractivity contribution in [3.05, 3.63) is 35.9 Å². The van der Waals surface area contributed by atoms with Crippen molar-refractivity contribution in [2.24, 2.45) is 11.8 Å². The van der Waals surface area contributed by atoms with Crippen molar-refractivity contribution < 1.29 is 28.8 Å². The van der Waals surface area contributed by atoms with Gasteiger partial charge in [0.15, 0.2) is 0 Å². The van der Waals surface area contributed by atoms with E-state index >= 15 is 0 Å². The van der Waals surface area contributed by atoms with Crippen LogP contribution >= 0.6 is 0 Å². The van der Waals surface area contributed by atoms with Gasteiger partial charge in [0.1, 0.15) is 12.1 Å². The molecule has 0 spiro atoms. The van der Waals surface area contributed by atoms with Crippen LogP contribution in [0.25, 0.3) is 0 Å². The zero-order valence-electron chi connectivity index (χ0n) is 26.8. The molecule has 3 aliphatic rings. The molecule has 0 radical (unpaired) electrons. The molecule has 5 amide bonds. The number of benzene rings is 1. The minimum absolute atomic E-state index is 0.00386. The molecule has 1 aliphatic heterocycles. The number of Topliss-reactive ketones (excluding diaryl/α,β-unsaturated/α-hetero) is 1. The molecule has 1 heterocycles. The number of carbonyl (C=O) groups excluding carboxylic acids is 6. The largest absolute Gasteiger partial charge is 0.356 e. The monoisotopic (exact) mass is 623 g/mol. The Morgan fingerprint density at radius 3 is 2.24 bits per heavy atom. The fourth-order valence-electron chi connectivity index (χ4n) is 6.43. The second kappa shape index (κ2) is 16.0. The van der Waals surface area contributed by atoms with E-state index in [1.54, 1.807) is 7.05 Å². The average molecular weight is 624 g/mol. The quantitative estimate of drug-likeness (QED) is 0.220. The summed E-state index contributed by atoms with van der Waals surface area (Å²) >= 11 is 0. The predicted octanol–water partition coefficient (Wildman–Crippen LogP) is 2.34. The molecule has 0 bridgehead atoms. The van der Waals surface area contributed by atoms with Crippen LogP contribution < -0.4 is 21.3 Å².